The Morgan fingerprint density at radius 1 is 1.15 bits per heavy atom. The van der Waals surface area contributed by atoms with Gasteiger partial charge >= 0.3 is 5.97 Å². The van der Waals surface area contributed by atoms with Gasteiger partial charge in [-0.25, -0.2) is 9.79 Å². The number of fused-ring (bicyclic) bond motifs is 1. The minimum atomic E-state index is -1.10. The molecule has 8 heteroatoms. The molecule has 1 fully saturated rings. The van der Waals surface area contributed by atoms with Crippen LogP contribution in [0.3, 0.4) is 0 Å². The maximum Gasteiger partial charge on any atom is 0.371 e. The smallest absolute Gasteiger partial charge is 0.371 e. The fourth-order valence-electron chi connectivity index (χ4n) is 3.69. The number of para-hydroxylation sites is 2. The van der Waals surface area contributed by atoms with Crippen molar-refractivity contribution in [3.8, 4) is 0 Å². The molecule has 2 aromatic carbocycles. The zero-order chi connectivity index (χ0) is 22.9. The number of amides is 1. The minimum Gasteiger partial charge on any atom is -0.475 e. The number of carboxylic acid groups (broad SMARTS) is 1. The summed E-state index contributed by atoms with van der Waals surface area (Å²) in [6.07, 6.45) is 3.79. The van der Waals surface area contributed by atoms with Gasteiger partial charge in [0.2, 0.25) is 5.76 Å². The number of rotatable bonds is 5. The number of hydrogen-bond acceptors (Lipinski definition) is 5. The third-order valence-electron chi connectivity index (χ3n) is 5.29. The highest BCUT2D eigenvalue weighted by molar-refractivity contribution is 8.18. The summed E-state index contributed by atoms with van der Waals surface area (Å²) in [6.45, 7) is 2.35. The molecule has 5 rings (SSSR count). The number of hydrogen-bond donors (Lipinski definition) is 2. The van der Waals surface area contributed by atoms with Crippen molar-refractivity contribution in [2.75, 3.05) is 0 Å². The molecule has 0 atom stereocenters. The van der Waals surface area contributed by atoms with E-state index in [-0.39, 0.29) is 11.7 Å². The highest BCUT2D eigenvalue weighted by Gasteiger charge is 2.24. The van der Waals surface area contributed by atoms with E-state index in [9.17, 15) is 9.59 Å². The highest BCUT2D eigenvalue weighted by Crippen LogP contribution is 2.32. The molecule has 2 N–H and O–H groups in total. The Labute approximate surface area is 193 Å². The molecule has 0 unspecified atom stereocenters. The second-order valence-electron chi connectivity index (χ2n) is 7.57. The number of amidine groups is 1. The SMILES string of the molecule is Cc1ccccc1N=C1NC(=O)/C(=C/c2cn(Cc3ccc(C(=O)O)o3)c3ccccc23)S1. The van der Waals surface area contributed by atoms with Gasteiger partial charge in [0, 0.05) is 22.7 Å². The lowest BCUT2D eigenvalue weighted by molar-refractivity contribution is -0.115. The summed E-state index contributed by atoms with van der Waals surface area (Å²) in [6, 6.07) is 18.7. The second kappa shape index (κ2) is 8.48. The van der Waals surface area contributed by atoms with E-state index in [0.29, 0.717) is 22.4 Å². The fraction of sp³-hybridized carbons (Fsp3) is 0.0800. The number of thioether (sulfide) groups is 1. The van der Waals surface area contributed by atoms with Crippen LogP contribution < -0.4 is 5.32 Å². The largest absolute Gasteiger partial charge is 0.475 e. The molecule has 1 aliphatic heterocycles. The summed E-state index contributed by atoms with van der Waals surface area (Å²) < 4.78 is 7.40. The van der Waals surface area contributed by atoms with E-state index < -0.39 is 5.97 Å². The van der Waals surface area contributed by atoms with Crippen molar-refractivity contribution in [3.63, 3.8) is 0 Å². The number of furan rings is 1. The van der Waals surface area contributed by atoms with Crippen LogP contribution in [0.25, 0.3) is 17.0 Å². The fourth-order valence-corrected chi connectivity index (χ4v) is 4.51. The third kappa shape index (κ3) is 4.20. The van der Waals surface area contributed by atoms with Crippen molar-refractivity contribution >= 4 is 51.5 Å². The standard InChI is InChI=1S/C25H19N3O4S/c1-15-6-2-4-8-19(15)26-25-27-23(29)22(33-25)12-16-13-28(20-9-5-3-7-18(16)20)14-17-10-11-21(32-17)24(30)31/h2-13H,14H2,1H3,(H,30,31)(H,26,27,29)/b22-12-. The molecule has 2 aromatic heterocycles. The molecule has 0 spiro atoms. The number of aryl methyl sites for hydroxylation is 1. The van der Waals surface area contributed by atoms with Crippen LogP contribution in [-0.2, 0) is 11.3 Å². The van der Waals surface area contributed by atoms with Gasteiger partial charge < -0.3 is 19.4 Å². The second-order valence-corrected chi connectivity index (χ2v) is 8.60. The van der Waals surface area contributed by atoms with Crippen molar-refractivity contribution in [1.82, 2.24) is 9.88 Å². The number of carbonyl (C=O) groups excluding carboxylic acids is 1. The molecule has 0 bridgehead atoms. The number of nitrogens with one attached hydrogen (secondary N) is 1. The molecule has 7 nitrogen and oxygen atoms in total. The molecule has 1 amide bonds. The molecule has 164 valence electrons. The van der Waals surface area contributed by atoms with Gasteiger partial charge in [-0.1, -0.05) is 36.4 Å². The molecular weight excluding hydrogens is 438 g/mol. The normalized spacial score (nSPS) is 16.1. The molecule has 0 saturated carbocycles. The maximum atomic E-state index is 12.6. The number of aliphatic imine (C=N–C) groups is 1. The zero-order valence-electron chi connectivity index (χ0n) is 17.6. The predicted molar refractivity (Wildman–Crippen MR) is 129 cm³/mol. The summed E-state index contributed by atoms with van der Waals surface area (Å²) >= 11 is 1.30. The van der Waals surface area contributed by atoms with E-state index in [1.807, 2.05) is 72.3 Å². The van der Waals surface area contributed by atoms with Gasteiger partial charge in [-0.05, 0) is 54.6 Å². The van der Waals surface area contributed by atoms with Crippen molar-refractivity contribution in [3.05, 3.63) is 94.4 Å². The van der Waals surface area contributed by atoms with Crippen LogP contribution >= 0.6 is 11.8 Å². The topological polar surface area (TPSA) is 96.8 Å². The summed E-state index contributed by atoms with van der Waals surface area (Å²) in [5, 5.41) is 13.5. The first-order valence-corrected chi connectivity index (χ1v) is 11.0. The lowest BCUT2D eigenvalue weighted by Crippen LogP contribution is -2.19. The van der Waals surface area contributed by atoms with Crippen molar-refractivity contribution in [2.24, 2.45) is 4.99 Å². The Morgan fingerprint density at radius 2 is 1.94 bits per heavy atom. The zero-order valence-corrected chi connectivity index (χ0v) is 18.4. The van der Waals surface area contributed by atoms with E-state index >= 15 is 0 Å². The van der Waals surface area contributed by atoms with Crippen LogP contribution in [0.4, 0.5) is 5.69 Å². The van der Waals surface area contributed by atoms with Crippen molar-refractivity contribution < 1.29 is 19.1 Å². The van der Waals surface area contributed by atoms with E-state index in [2.05, 4.69) is 10.3 Å². The van der Waals surface area contributed by atoms with Crippen LogP contribution in [0.5, 0.6) is 0 Å². The Kier molecular flexibility index (Phi) is 5.35. The molecule has 33 heavy (non-hydrogen) atoms. The summed E-state index contributed by atoms with van der Waals surface area (Å²) in [5.41, 5.74) is 3.68. The molecule has 4 aromatic rings. The Bertz CT molecular complexity index is 1460. The van der Waals surface area contributed by atoms with Gasteiger partial charge in [0.1, 0.15) is 5.76 Å². The molecule has 3 heterocycles. The minimum absolute atomic E-state index is 0.0942. The van der Waals surface area contributed by atoms with Gasteiger partial charge in [0.15, 0.2) is 5.17 Å². The molecule has 1 saturated heterocycles. The summed E-state index contributed by atoms with van der Waals surface area (Å²) in [7, 11) is 0. The van der Waals surface area contributed by atoms with Crippen molar-refractivity contribution in [1.29, 1.82) is 0 Å². The van der Waals surface area contributed by atoms with Crippen LogP contribution in [0, 0.1) is 6.92 Å². The maximum absolute atomic E-state index is 12.6. The molecule has 0 radical (unpaired) electrons. The average molecular weight is 458 g/mol. The first-order valence-electron chi connectivity index (χ1n) is 10.2. The van der Waals surface area contributed by atoms with E-state index in [1.54, 1.807) is 6.07 Å². The van der Waals surface area contributed by atoms with Crippen LogP contribution in [-0.4, -0.2) is 26.7 Å². The first-order chi connectivity index (χ1) is 16.0. The van der Waals surface area contributed by atoms with E-state index in [0.717, 1.165) is 27.7 Å². The van der Waals surface area contributed by atoms with Crippen LogP contribution in [0.1, 0.15) is 27.4 Å². The lowest BCUT2D eigenvalue weighted by Gasteiger charge is -2.02. The van der Waals surface area contributed by atoms with Gasteiger partial charge in [-0.3, -0.25) is 4.79 Å². The van der Waals surface area contributed by atoms with Gasteiger partial charge in [0.25, 0.3) is 5.91 Å². The van der Waals surface area contributed by atoms with E-state index in [1.165, 1.54) is 17.8 Å². The monoisotopic (exact) mass is 457 g/mol. The highest BCUT2D eigenvalue weighted by atomic mass is 32.2. The number of carboxylic acids is 1. The quantitative estimate of drug-likeness (QED) is 0.403. The first kappa shape index (κ1) is 20.8. The van der Waals surface area contributed by atoms with Gasteiger partial charge in [0.05, 0.1) is 17.1 Å². The number of aromatic nitrogens is 1. The molecular formula is C25H19N3O4S. The number of carbonyl (C=O) groups is 2. The molecule has 1 aliphatic rings. The van der Waals surface area contributed by atoms with Crippen LogP contribution in [0.15, 0.2) is 81.2 Å². The number of nitrogens with zero attached hydrogens (tertiary/aromatic N) is 2. The summed E-state index contributed by atoms with van der Waals surface area (Å²) in [5.74, 6) is -0.853. The average Bonchev–Trinajstić information content (AvgIpc) is 3.49. The Morgan fingerprint density at radius 3 is 2.73 bits per heavy atom. The van der Waals surface area contributed by atoms with Gasteiger partial charge in [-0.2, -0.15) is 0 Å². The Balaban J connectivity index is 1.47. The predicted octanol–water partition coefficient (Wildman–Crippen LogP) is 5.18. The number of benzene rings is 2. The third-order valence-corrected chi connectivity index (χ3v) is 6.20. The molecule has 0 aliphatic carbocycles. The Hall–Kier alpha value is -4.04. The van der Waals surface area contributed by atoms with Crippen molar-refractivity contribution in [2.45, 2.75) is 13.5 Å². The lowest BCUT2D eigenvalue weighted by atomic mass is 10.1. The van der Waals surface area contributed by atoms with Crippen LogP contribution in [0.2, 0.25) is 0 Å². The van der Waals surface area contributed by atoms with Gasteiger partial charge in [-0.15, -0.1) is 0 Å². The van der Waals surface area contributed by atoms with E-state index in [4.69, 9.17) is 9.52 Å². The summed E-state index contributed by atoms with van der Waals surface area (Å²) in [4.78, 5) is 28.8. The number of aromatic carboxylic acids is 1.